The highest BCUT2D eigenvalue weighted by atomic mass is 79.9. The first-order valence-electron chi connectivity index (χ1n) is 8.96. The molecule has 0 saturated heterocycles. The number of benzene rings is 2. The van der Waals surface area contributed by atoms with Gasteiger partial charge >= 0.3 is 0 Å². The molecule has 0 radical (unpaired) electrons. The lowest BCUT2D eigenvalue weighted by Crippen LogP contribution is -2.49. The van der Waals surface area contributed by atoms with Crippen molar-refractivity contribution in [3.63, 3.8) is 0 Å². The molecule has 0 aliphatic heterocycles. The van der Waals surface area contributed by atoms with Crippen LogP contribution in [0.25, 0.3) is 0 Å². The predicted octanol–water partition coefficient (Wildman–Crippen LogP) is 3.85. The average molecular weight is 515 g/mol. The maximum Gasteiger partial charge on any atom is 0.276 e. The van der Waals surface area contributed by atoms with E-state index in [2.05, 4.69) is 32.1 Å². The van der Waals surface area contributed by atoms with E-state index >= 15 is 0 Å². The van der Waals surface area contributed by atoms with Crippen LogP contribution in [0.3, 0.4) is 0 Å². The summed E-state index contributed by atoms with van der Waals surface area (Å²) >= 11 is 14.4. The van der Waals surface area contributed by atoms with Crippen LogP contribution in [0.1, 0.15) is 24.2 Å². The molecule has 160 valence electrons. The zero-order valence-electron chi connectivity index (χ0n) is 16.3. The number of thiocarbonyl (C=S) groups is 1. The quantitative estimate of drug-likeness (QED) is 0.384. The Balaban J connectivity index is 1.78. The van der Waals surface area contributed by atoms with Gasteiger partial charge < -0.3 is 9.47 Å². The fourth-order valence-electron chi connectivity index (χ4n) is 2.09. The third-order valence-corrected chi connectivity index (χ3v) is 4.64. The van der Waals surface area contributed by atoms with E-state index in [0.717, 1.165) is 0 Å². The van der Waals surface area contributed by atoms with Crippen LogP contribution in [0.5, 0.6) is 11.5 Å². The van der Waals surface area contributed by atoms with E-state index in [0.29, 0.717) is 39.1 Å². The lowest BCUT2D eigenvalue weighted by molar-refractivity contribution is -0.123. The van der Waals surface area contributed by atoms with Gasteiger partial charge in [0.2, 0.25) is 0 Å². The number of carbonyl (C=O) groups excluding carboxylic acids is 2. The van der Waals surface area contributed by atoms with Crippen LogP contribution in [0, 0.1) is 5.92 Å². The Morgan fingerprint density at radius 2 is 1.83 bits per heavy atom. The molecule has 0 aromatic heterocycles. The SMILES string of the molecule is CC(C)COc1ccc(C(=O)NC(=S)NNC(=O)COc2ccccc2Cl)cc1Br. The largest absolute Gasteiger partial charge is 0.492 e. The van der Waals surface area contributed by atoms with Crippen molar-refractivity contribution in [2.45, 2.75) is 13.8 Å². The van der Waals surface area contributed by atoms with Gasteiger partial charge in [-0.2, -0.15) is 0 Å². The molecule has 0 heterocycles. The molecule has 0 saturated carbocycles. The molecule has 2 amide bonds. The second-order valence-electron chi connectivity index (χ2n) is 6.53. The van der Waals surface area contributed by atoms with Crippen LogP contribution >= 0.6 is 39.7 Å². The van der Waals surface area contributed by atoms with Gasteiger partial charge in [-0.3, -0.25) is 25.8 Å². The average Bonchev–Trinajstić information content (AvgIpc) is 2.70. The van der Waals surface area contributed by atoms with Crippen molar-refractivity contribution < 1.29 is 19.1 Å². The Bertz CT molecular complexity index is 927. The molecule has 2 aromatic carbocycles. The number of hydrogen-bond donors (Lipinski definition) is 3. The zero-order valence-corrected chi connectivity index (χ0v) is 19.5. The molecule has 7 nitrogen and oxygen atoms in total. The fraction of sp³-hybridized carbons (Fsp3) is 0.250. The van der Waals surface area contributed by atoms with E-state index in [9.17, 15) is 9.59 Å². The molecule has 0 atom stereocenters. The highest BCUT2D eigenvalue weighted by molar-refractivity contribution is 9.10. The molecule has 2 rings (SSSR count). The minimum absolute atomic E-state index is 0.0673. The van der Waals surface area contributed by atoms with Gasteiger partial charge in [0.15, 0.2) is 11.7 Å². The Morgan fingerprint density at radius 3 is 2.50 bits per heavy atom. The molecule has 0 aliphatic carbocycles. The van der Waals surface area contributed by atoms with Gasteiger partial charge in [-0.25, -0.2) is 0 Å². The summed E-state index contributed by atoms with van der Waals surface area (Å²) in [5.41, 5.74) is 5.15. The van der Waals surface area contributed by atoms with Crippen LogP contribution in [0.15, 0.2) is 46.9 Å². The molecule has 10 heteroatoms. The van der Waals surface area contributed by atoms with Crippen molar-refractivity contribution in [3.05, 3.63) is 57.5 Å². The van der Waals surface area contributed by atoms with E-state index < -0.39 is 11.8 Å². The monoisotopic (exact) mass is 513 g/mol. The first-order chi connectivity index (χ1) is 14.3. The number of nitrogens with one attached hydrogen (secondary N) is 3. The summed E-state index contributed by atoms with van der Waals surface area (Å²) < 4.78 is 11.6. The second kappa shape index (κ2) is 11.7. The van der Waals surface area contributed by atoms with Crippen molar-refractivity contribution in [3.8, 4) is 11.5 Å². The molecule has 2 aromatic rings. The van der Waals surface area contributed by atoms with Gasteiger partial charge in [-0.1, -0.05) is 37.6 Å². The summed E-state index contributed by atoms with van der Waals surface area (Å²) in [6, 6.07) is 11.7. The van der Waals surface area contributed by atoms with Crippen LogP contribution in [0.2, 0.25) is 5.02 Å². The number of hydrogen-bond acceptors (Lipinski definition) is 5. The van der Waals surface area contributed by atoms with E-state index in [-0.39, 0.29) is 11.7 Å². The summed E-state index contributed by atoms with van der Waals surface area (Å²) in [5.74, 6) is 0.475. The fourth-order valence-corrected chi connectivity index (χ4v) is 2.92. The van der Waals surface area contributed by atoms with Crippen molar-refractivity contribution >= 4 is 56.7 Å². The van der Waals surface area contributed by atoms with E-state index in [4.69, 9.17) is 33.3 Å². The lowest BCUT2D eigenvalue weighted by Gasteiger charge is -2.13. The zero-order chi connectivity index (χ0) is 22.1. The molecular weight excluding hydrogens is 494 g/mol. The molecule has 30 heavy (non-hydrogen) atoms. The smallest absolute Gasteiger partial charge is 0.276 e. The first-order valence-corrected chi connectivity index (χ1v) is 10.5. The van der Waals surface area contributed by atoms with E-state index in [1.807, 2.05) is 13.8 Å². The van der Waals surface area contributed by atoms with Gasteiger partial charge in [-0.15, -0.1) is 0 Å². The Labute approximate surface area is 193 Å². The number of para-hydroxylation sites is 1. The molecule has 0 unspecified atom stereocenters. The van der Waals surface area contributed by atoms with E-state index in [1.165, 1.54) is 0 Å². The van der Waals surface area contributed by atoms with Crippen LogP contribution in [-0.2, 0) is 4.79 Å². The number of halogens is 2. The van der Waals surface area contributed by atoms with Gasteiger partial charge in [-0.05, 0) is 64.4 Å². The molecule has 3 N–H and O–H groups in total. The van der Waals surface area contributed by atoms with Crippen molar-refractivity contribution in [1.29, 1.82) is 0 Å². The number of carbonyl (C=O) groups is 2. The number of rotatable bonds is 7. The van der Waals surface area contributed by atoms with Crippen LogP contribution < -0.4 is 25.6 Å². The van der Waals surface area contributed by atoms with Crippen LogP contribution in [-0.4, -0.2) is 30.1 Å². The minimum Gasteiger partial charge on any atom is -0.492 e. The van der Waals surface area contributed by atoms with Gasteiger partial charge in [0.25, 0.3) is 11.8 Å². The summed E-state index contributed by atoms with van der Waals surface area (Å²) in [4.78, 5) is 24.2. The number of ether oxygens (including phenoxy) is 2. The number of amides is 2. The maximum absolute atomic E-state index is 12.3. The standard InChI is InChI=1S/C20H21BrClN3O4S/c1-12(2)10-28-16-8-7-13(9-14(16)21)19(27)23-20(30)25-24-18(26)11-29-17-6-4-3-5-15(17)22/h3-9,12H,10-11H2,1-2H3,(H,24,26)(H2,23,25,27,30). The second-order valence-corrected chi connectivity index (χ2v) is 8.20. The predicted molar refractivity (Wildman–Crippen MR) is 123 cm³/mol. The van der Waals surface area contributed by atoms with Gasteiger partial charge in [0, 0.05) is 5.56 Å². The Morgan fingerprint density at radius 1 is 1.10 bits per heavy atom. The molecular formula is C20H21BrClN3O4S. The van der Waals surface area contributed by atoms with Gasteiger partial charge in [0.05, 0.1) is 16.1 Å². The maximum atomic E-state index is 12.3. The summed E-state index contributed by atoms with van der Waals surface area (Å²) in [6.45, 7) is 4.38. The summed E-state index contributed by atoms with van der Waals surface area (Å²) in [6.07, 6.45) is 0. The van der Waals surface area contributed by atoms with Crippen LogP contribution in [0.4, 0.5) is 0 Å². The highest BCUT2D eigenvalue weighted by Gasteiger charge is 2.12. The minimum atomic E-state index is -0.499. The summed E-state index contributed by atoms with van der Waals surface area (Å²) in [5, 5.41) is 2.80. The first kappa shape index (κ1) is 23.9. The van der Waals surface area contributed by atoms with Crippen molar-refractivity contribution in [2.75, 3.05) is 13.2 Å². The molecule has 0 bridgehead atoms. The Kier molecular flexibility index (Phi) is 9.35. The molecule has 0 fully saturated rings. The topological polar surface area (TPSA) is 88.7 Å². The highest BCUT2D eigenvalue weighted by Crippen LogP contribution is 2.26. The van der Waals surface area contributed by atoms with Gasteiger partial charge in [0.1, 0.15) is 11.5 Å². The molecule has 0 aliphatic rings. The van der Waals surface area contributed by atoms with Crippen molar-refractivity contribution in [2.24, 2.45) is 5.92 Å². The van der Waals surface area contributed by atoms with E-state index in [1.54, 1.807) is 42.5 Å². The normalized spacial score (nSPS) is 10.3. The number of hydrazine groups is 1. The lowest BCUT2D eigenvalue weighted by atomic mass is 10.2. The molecule has 0 spiro atoms. The third kappa shape index (κ3) is 7.81. The summed E-state index contributed by atoms with van der Waals surface area (Å²) in [7, 11) is 0. The Hall–Kier alpha value is -2.36. The van der Waals surface area contributed by atoms with Crippen molar-refractivity contribution in [1.82, 2.24) is 16.2 Å². The third-order valence-electron chi connectivity index (χ3n) is 3.50.